The van der Waals surface area contributed by atoms with E-state index in [4.69, 9.17) is 9.57 Å². The second-order valence-electron chi connectivity index (χ2n) is 5.77. The van der Waals surface area contributed by atoms with Crippen molar-refractivity contribution in [3.8, 4) is 0 Å². The van der Waals surface area contributed by atoms with Crippen molar-refractivity contribution >= 4 is 5.97 Å². The number of rotatable bonds is 2. The summed E-state index contributed by atoms with van der Waals surface area (Å²) >= 11 is 0. The highest BCUT2D eigenvalue weighted by Gasteiger charge is 2.49. The Kier molecular flexibility index (Phi) is 2.97. The first-order chi connectivity index (χ1) is 7.43. The Morgan fingerprint density at radius 1 is 1.31 bits per heavy atom. The molecular formula is C12H21NO3. The second-order valence-corrected chi connectivity index (χ2v) is 5.77. The van der Waals surface area contributed by atoms with Crippen LogP contribution in [0.25, 0.3) is 0 Å². The highest BCUT2D eigenvalue weighted by atomic mass is 16.7. The predicted molar refractivity (Wildman–Crippen MR) is 59.6 cm³/mol. The van der Waals surface area contributed by atoms with Crippen LogP contribution in [-0.2, 0) is 14.4 Å². The van der Waals surface area contributed by atoms with Gasteiger partial charge in [-0.15, -0.1) is 0 Å². The van der Waals surface area contributed by atoms with E-state index >= 15 is 0 Å². The Labute approximate surface area is 96.8 Å². The van der Waals surface area contributed by atoms with Gasteiger partial charge in [-0.3, -0.25) is 4.79 Å². The minimum absolute atomic E-state index is 0.0189. The predicted octanol–water partition coefficient (Wildman–Crippen LogP) is 1.74. The maximum absolute atomic E-state index is 11.8. The SMILES string of the molecule is CON1C2CCC1C(OC(=O)C(C)(C)C)C2. The lowest BCUT2D eigenvalue weighted by Gasteiger charge is -2.25. The molecule has 4 nitrogen and oxygen atoms in total. The van der Waals surface area contributed by atoms with E-state index in [0.29, 0.717) is 6.04 Å². The van der Waals surface area contributed by atoms with Crippen LogP contribution in [-0.4, -0.2) is 36.3 Å². The minimum atomic E-state index is -0.417. The summed E-state index contributed by atoms with van der Waals surface area (Å²) in [6, 6.07) is 0.703. The van der Waals surface area contributed by atoms with Crippen LogP contribution in [0, 0.1) is 5.41 Å². The molecule has 4 heteroatoms. The van der Waals surface area contributed by atoms with Crippen LogP contribution in [0.15, 0.2) is 0 Å². The normalized spacial score (nSPS) is 34.4. The molecule has 2 saturated heterocycles. The molecule has 3 unspecified atom stereocenters. The molecule has 3 atom stereocenters. The zero-order chi connectivity index (χ0) is 11.9. The van der Waals surface area contributed by atoms with Gasteiger partial charge in [-0.2, -0.15) is 5.06 Å². The molecule has 2 rings (SSSR count). The largest absolute Gasteiger partial charge is 0.460 e. The van der Waals surface area contributed by atoms with Crippen molar-refractivity contribution in [1.29, 1.82) is 0 Å². The van der Waals surface area contributed by atoms with E-state index in [0.717, 1.165) is 19.3 Å². The summed E-state index contributed by atoms with van der Waals surface area (Å²) in [7, 11) is 1.69. The number of esters is 1. The molecule has 0 aromatic carbocycles. The summed E-state index contributed by atoms with van der Waals surface area (Å²) in [4.78, 5) is 17.1. The first-order valence-electron chi connectivity index (χ1n) is 5.97. The van der Waals surface area contributed by atoms with E-state index in [1.165, 1.54) is 0 Å². The third kappa shape index (κ3) is 1.96. The number of carbonyl (C=O) groups is 1. The lowest BCUT2D eigenvalue weighted by atomic mass is 9.95. The van der Waals surface area contributed by atoms with E-state index in [-0.39, 0.29) is 18.1 Å². The molecule has 2 heterocycles. The van der Waals surface area contributed by atoms with Gasteiger partial charge in [0.05, 0.1) is 18.6 Å². The van der Waals surface area contributed by atoms with Crippen LogP contribution in [0.4, 0.5) is 0 Å². The van der Waals surface area contributed by atoms with Gasteiger partial charge in [-0.05, 0) is 33.6 Å². The zero-order valence-electron chi connectivity index (χ0n) is 10.5. The summed E-state index contributed by atoms with van der Waals surface area (Å²) in [6.45, 7) is 5.66. The van der Waals surface area contributed by atoms with Gasteiger partial charge in [0, 0.05) is 12.5 Å². The topological polar surface area (TPSA) is 38.8 Å². The van der Waals surface area contributed by atoms with Crippen LogP contribution >= 0.6 is 0 Å². The van der Waals surface area contributed by atoms with Crippen molar-refractivity contribution in [2.24, 2.45) is 5.41 Å². The van der Waals surface area contributed by atoms with Gasteiger partial charge < -0.3 is 9.57 Å². The summed E-state index contributed by atoms with van der Waals surface area (Å²) < 4.78 is 5.58. The summed E-state index contributed by atoms with van der Waals surface area (Å²) in [5.41, 5.74) is -0.417. The van der Waals surface area contributed by atoms with Crippen LogP contribution in [0.5, 0.6) is 0 Å². The highest BCUT2D eigenvalue weighted by molar-refractivity contribution is 5.75. The summed E-state index contributed by atoms with van der Waals surface area (Å²) in [5, 5.41) is 2.00. The van der Waals surface area contributed by atoms with Gasteiger partial charge in [-0.25, -0.2) is 0 Å². The van der Waals surface area contributed by atoms with Crippen molar-refractivity contribution in [2.75, 3.05) is 7.11 Å². The molecule has 2 aliphatic rings. The second kappa shape index (κ2) is 4.00. The Hall–Kier alpha value is -0.610. The average molecular weight is 227 g/mol. The molecule has 0 aliphatic carbocycles. The molecule has 0 N–H and O–H groups in total. The lowest BCUT2D eigenvalue weighted by molar-refractivity contribution is -0.172. The first-order valence-corrected chi connectivity index (χ1v) is 5.97. The van der Waals surface area contributed by atoms with Crippen LogP contribution in [0.2, 0.25) is 0 Å². The number of hydroxylamine groups is 2. The minimum Gasteiger partial charge on any atom is -0.460 e. The van der Waals surface area contributed by atoms with Crippen LogP contribution in [0.3, 0.4) is 0 Å². The molecular weight excluding hydrogens is 206 g/mol. The maximum Gasteiger partial charge on any atom is 0.311 e. The van der Waals surface area contributed by atoms with Gasteiger partial charge in [-0.1, -0.05) is 0 Å². The van der Waals surface area contributed by atoms with Gasteiger partial charge in [0.25, 0.3) is 0 Å². The lowest BCUT2D eigenvalue weighted by Crippen LogP contribution is -2.36. The van der Waals surface area contributed by atoms with Gasteiger partial charge >= 0.3 is 5.97 Å². The summed E-state index contributed by atoms with van der Waals surface area (Å²) in [5.74, 6) is -0.110. The van der Waals surface area contributed by atoms with E-state index in [1.54, 1.807) is 7.11 Å². The van der Waals surface area contributed by atoms with Crippen molar-refractivity contribution in [3.63, 3.8) is 0 Å². The van der Waals surface area contributed by atoms with E-state index in [9.17, 15) is 4.79 Å². The molecule has 0 aromatic rings. The van der Waals surface area contributed by atoms with Gasteiger partial charge in [0.1, 0.15) is 6.10 Å². The molecule has 0 aromatic heterocycles. The number of carbonyl (C=O) groups excluding carboxylic acids is 1. The van der Waals surface area contributed by atoms with E-state index < -0.39 is 5.41 Å². The average Bonchev–Trinajstić information content (AvgIpc) is 2.72. The number of hydrogen-bond acceptors (Lipinski definition) is 4. The molecule has 0 spiro atoms. The molecule has 0 saturated carbocycles. The van der Waals surface area contributed by atoms with Crippen molar-refractivity contribution in [3.05, 3.63) is 0 Å². The third-order valence-corrected chi connectivity index (χ3v) is 3.50. The smallest absolute Gasteiger partial charge is 0.311 e. The molecule has 0 radical (unpaired) electrons. The Morgan fingerprint density at radius 2 is 2.00 bits per heavy atom. The number of ether oxygens (including phenoxy) is 1. The maximum atomic E-state index is 11.8. The van der Waals surface area contributed by atoms with Gasteiger partial charge in [0.2, 0.25) is 0 Å². The van der Waals surface area contributed by atoms with Crippen molar-refractivity contribution in [2.45, 2.75) is 58.2 Å². The Morgan fingerprint density at radius 3 is 2.50 bits per heavy atom. The Balaban J connectivity index is 1.96. The zero-order valence-corrected chi connectivity index (χ0v) is 10.5. The number of nitrogens with zero attached hydrogens (tertiary/aromatic N) is 1. The third-order valence-electron chi connectivity index (χ3n) is 3.50. The molecule has 16 heavy (non-hydrogen) atoms. The van der Waals surface area contributed by atoms with Crippen molar-refractivity contribution in [1.82, 2.24) is 5.06 Å². The number of hydrogen-bond donors (Lipinski definition) is 0. The molecule has 2 bridgehead atoms. The van der Waals surface area contributed by atoms with E-state index in [1.807, 2.05) is 25.8 Å². The monoisotopic (exact) mass is 227 g/mol. The van der Waals surface area contributed by atoms with E-state index in [2.05, 4.69) is 0 Å². The molecule has 0 amide bonds. The standard InChI is InChI=1S/C12H21NO3/c1-12(2,3)11(14)16-10-7-8-5-6-9(10)13(8)15-4/h8-10H,5-7H2,1-4H3. The van der Waals surface area contributed by atoms with Crippen LogP contribution in [0.1, 0.15) is 40.0 Å². The van der Waals surface area contributed by atoms with Crippen molar-refractivity contribution < 1.29 is 14.4 Å². The fourth-order valence-electron chi connectivity index (χ4n) is 2.61. The first kappa shape index (κ1) is 11.9. The summed E-state index contributed by atoms with van der Waals surface area (Å²) in [6.07, 6.45) is 3.16. The number of fused-ring (bicyclic) bond motifs is 2. The fourth-order valence-corrected chi connectivity index (χ4v) is 2.61. The highest BCUT2D eigenvalue weighted by Crippen LogP contribution is 2.39. The Bertz CT molecular complexity index is 284. The fraction of sp³-hybridized carbons (Fsp3) is 0.917. The quantitative estimate of drug-likeness (QED) is 0.674. The van der Waals surface area contributed by atoms with Crippen LogP contribution < -0.4 is 0 Å². The molecule has 2 fully saturated rings. The molecule has 2 aliphatic heterocycles. The van der Waals surface area contributed by atoms with Gasteiger partial charge in [0.15, 0.2) is 0 Å². The molecule has 92 valence electrons.